The van der Waals surface area contributed by atoms with Crippen LogP contribution < -0.4 is 0 Å². The van der Waals surface area contributed by atoms with Crippen molar-refractivity contribution in [2.75, 3.05) is 11.5 Å². The van der Waals surface area contributed by atoms with Gasteiger partial charge in [0, 0.05) is 34.3 Å². The van der Waals surface area contributed by atoms with Crippen molar-refractivity contribution in [3.05, 3.63) is 0 Å². The van der Waals surface area contributed by atoms with Crippen LogP contribution in [0.5, 0.6) is 0 Å². The molecule has 0 nitrogen and oxygen atoms in total. The molecule has 0 aromatic heterocycles. The lowest BCUT2D eigenvalue weighted by atomic mass is 11.0. The largest absolute Gasteiger partial charge is 0.107 e. The summed E-state index contributed by atoms with van der Waals surface area (Å²) in [5.41, 5.74) is 0. The molecule has 0 aromatic rings. The molecule has 0 radical (unpaired) electrons. The summed E-state index contributed by atoms with van der Waals surface area (Å²) >= 11 is 4.24. The molecule has 0 saturated carbocycles. The fourth-order valence-electron chi connectivity index (χ4n) is 0.241. The first-order valence-electron chi connectivity index (χ1n) is 1.55. The highest BCUT2D eigenvalue weighted by Crippen LogP contribution is 2.48. The fourth-order valence-corrected chi connectivity index (χ4v) is 6.50. The molecule has 0 spiro atoms. The van der Waals surface area contributed by atoms with Gasteiger partial charge in [0.05, 0.1) is 0 Å². The van der Waals surface area contributed by atoms with Crippen LogP contribution in [-0.4, -0.2) is 11.5 Å². The summed E-state index contributed by atoms with van der Waals surface area (Å²) in [7, 11) is 0. The highest BCUT2D eigenvalue weighted by Gasteiger charge is 2.05. The first kappa shape index (κ1) is 4.29. The van der Waals surface area contributed by atoms with Gasteiger partial charge in [-0.1, -0.05) is 0 Å². The molecule has 0 unspecified atom stereocenters. The minimum Gasteiger partial charge on any atom is 0.0252 e. The molecule has 0 amide bonds. The monoisotopic (exact) mass is 125 g/mol. The normalized spacial score (nSPS) is 24.0. The number of rotatable bonds is 0. The fraction of sp³-hybridized carbons (Fsp3) is 1.00. The van der Waals surface area contributed by atoms with Crippen molar-refractivity contribution in [1.29, 1.82) is 0 Å². The van der Waals surface area contributed by atoms with Crippen LogP contribution >= 0.6 is 29.7 Å². The second-order valence-electron chi connectivity index (χ2n) is 0.838. The summed E-state index contributed by atoms with van der Waals surface area (Å²) in [6.45, 7) is 0.759. The Morgan fingerprint density at radius 1 is 1.20 bits per heavy atom. The smallest absolute Gasteiger partial charge is 0.0252 e. The van der Waals surface area contributed by atoms with E-state index in [9.17, 15) is 0 Å². The second kappa shape index (κ2) is 2.33. The third-order valence-electron chi connectivity index (χ3n) is 0.455. The van der Waals surface area contributed by atoms with Gasteiger partial charge >= 0.3 is 0 Å². The summed E-state index contributed by atoms with van der Waals surface area (Å²) < 4.78 is 0. The first-order chi connectivity index (χ1) is 2.50. The van der Waals surface area contributed by atoms with Crippen molar-refractivity contribution in [1.82, 2.24) is 0 Å². The maximum Gasteiger partial charge on any atom is 0.107 e. The molecule has 0 atom stereocenters. The lowest BCUT2D eigenvalue weighted by Gasteiger charge is -1.58. The summed E-state index contributed by atoms with van der Waals surface area (Å²) in [5, 5.41) is 0. The lowest BCUT2D eigenvalue weighted by molar-refractivity contribution is 1.59. The minimum atomic E-state index is 0.759. The van der Waals surface area contributed by atoms with Crippen LogP contribution in [-0.2, 0) is 0 Å². The van der Waals surface area contributed by atoms with Gasteiger partial charge in [-0.05, 0) is 0 Å². The van der Waals surface area contributed by atoms with Gasteiger partial charge < -0.3 is 0 Å². The Morgan fingerprint density at radius 3 is 2.00 bits per heavy atom. The molecule has 0 aromatic carbocycles. The van der Waals surface area contributed by atoms with E-state index in [1.165, 1.54) is 11.5 Å². The zero-order chi connectivity index (χ0) is 3.54. The SMILES string of the molecule is C1CS[PH2+]S1. The molecule has 1 aliphatic heterocycles. The molecular formula is C2H6PS2+. The van der Waals surface area contributed by atoms with Crippen molar-refractivity contribution in [3.8, 4) is 0 Å². The third kappa shape index (κ3) is 1.34. The highest BCUT2D eigenvalue weighted by atomic mass is 33.1. The van der Waals surface area contributed by atoms with E-state index in [0.29, 0.717) is 0 Å². The van der Waals surface area contributed by atoms with Crippen LogP contribution in [0.3, 0.4) is 0 Å². The Balaban J connectivity index is 2.08. The van der Waals surface area contributed by atoms with Gasteiger partial charge in [0.1, 0.15) is 6.98 Å². The average molecular weight is 125 g/mol. The molecule has 1 saturated heterocycles. The molecule has 5 heavy (non-hydrogen) atoms. The van der Waals surface area contributed by atoms with Crippen molar-refractivity contribution >= 4 is 29.7 Å². The minimum absolute atomic E-state index is 0.759. The predicted octanol–water partition coefficient (Wildman–Crippen LogP) is 1.71. The van der Waals surface area contributed by atoms with Crippen LogP contribution in [0, 0.1) is 0 Å². The molecular weight excluding hydrogens is 119 g/mol. The first-order valence-corrected chi connectivity index (χ1v) is 6.47. The van der Waals surface area contributed by atoms with E-state index < -0.39 is 0 Å². The van der Waals surface area contributed by atoms with Crippen LogP contribution in [0.15, 0.2) is 0 Å². The van der Waals surface area contributed by atoms with Gasteiger partial charge in [-0.25, -0.2) is 0 Å². The number of hydrogen-bond donors (Lipinski definition) is 0. The summed E-state index contributed by atoms with van der Waals surface area (Å²) in [6.07, 6.45) is 0. The van der Waals surface area contributed by atoms with Crippen molar-refractivity contribution in [3.63, 3.8) is 0 Å². The highest BCUT2D eigenvalue weighted by molar-refractivity contribution is 8.83. The maximum absolute atomic E-state index is 2.12. The standard InChI is InChI=1S/C2H5PS2/c1-2-5-3-4-1/h3H,1-2H2/p+1. The van der Waals surface area contributed by atoms with Crippen molar-refractivity contribution in [2.45, 2.75) is 0 Å². The Kier molecular flexibility index (Phi) is 2.00. The topological polar surface area (TPSA) is 0 Å². The van der Waals surface area contributed by atoms with Gasteiger partial charge in [0.15, 0.2) is 0 Å². The molecule has 0 aliphatic carbocycles. The molecule has 0 bridgehead atoms. The van der Waals surface area contributed by atoms with E-state index in [0.717, 1.165) is 6.98 Å². The van der Waals surface area contributed by atoms with Crippen LogP contribution in [0.1, 0.15) is 0 Å². The Bertz CT molecular complexity index is 19.2. The van der Waals surface area contributed by atoms with E-state index in [4.69, 9.17) is 0 Å². The van der Waals surface area contributed by atoms with Gasteiger partial charge in [-0.3, -0.25) is 0 Å². The molecule has 1 heterocycles. The van der Waals surface area contributed by atoms with Crippen LogP contribution in [0.4, 0.5) is 0 Å². The Hall–Kier alpha value is 1.13. The Morgan fingerprint density at radius 2 is 1.80 bits per heavy atom. The molecule has 0 N–H and O–H groups in total. The number of hydrogen-bond acceptors (Lipinski definition) is 2. The van der Waals surface area contributed by atoms with E-state index in [1.807, 2.05) is 0 Å². The van der Waals surface area contributed by atoms with E-state index in [2.05, 4.69) is 22.8 Å². The molecule has 1 fully saturated rings. The summed E-state index contributed by atoms with van der Waals surface area (Å²) in [5.74, 6) is 2.83. The zero-order valence-electron chi connectivity index (χ0n) is 2.81. The quantitative estimate of drug-likeness (QED) is 0.452. The van der Waals surface area contributed by atoms with Crippen LogP contribution in [0.2, 0.25) is 0 Å². The van der Waals surface area contributed by atoms with Crippen LogP contribution in [0.25, 0.3) is 0 Å². The van der Waals surface area contributed by atoms with E-state index in [-0.39, 0.29) is 0 Å². The van der Waals surface area contributed by atoms with E-state index >= 15 is 0 Å². The summed E-state index contributed by atoms with van der Waals surface area (Å²) in [4.78, 5) is 0. The zero-order valence-corrected chi connectivity index (χ0v) is 5.60. The second-order valence-corrected chi connectivity index (χ2v) is 6.82. The van der Waals surface area contributed by atoms with Crippen molar-refractivity contribution in [2.24, 2.45) is 0 Å². The molecule has 3 heteroatoms. The Labute approximate surface area is 41.8 Å². The van der Waals surface area contributed by atoms with Gasteiger partial charge in [0.25, 0.3) is 0 Å². The average Bonchev–Trinajstić information content (AvgIpc) is 1.76. The molecule has 1 rings (SSSR count). The predicted molar refractivity (Wildman–Crippen MR) is 34.6 cm³/mol. The molecule has 30 valence electrons. The summed E-state index contributed by atoms with van der Waals surface area (Å²) in [6, 6.07) is 0. The van der Waals surface area contributed by atoms with Gasteiger partial charge in [0.2, 0.25) is 0 Å². The lowest BCUT2D eigenvalue weighted by Crippen LogP contribution is -1.64. The van der Waals surface area contributed by atoms with E-state index in [1.54, 1.807) is 0 Å². The van der Waals surface area contributed by atoms with Gasteiger partial charge in [-0.15, -0.1) is 0 Å². The van der Waals surface area contributed by atoms with Gasteiger partial charge in [-0.2, -0.15) is 0 Å². The molecule has 1 aliphatic rings. The van der Waals surface area contributed by atoms with Crippen molar-refractivity contribution < 1.29 is 0 Å². The maximum atomic E-state index is 2.12. The third-order valence-corrected chi connectivity index (χ3v) is 6.55.